The average Bonchev–Trinajstić information content (AvgIpc) is 3.10. The van der Waals surface area contributed by atoms with Gasteiger partial charge in [-0.1, -0.05) is 12.1 Å². The summed E-state index contributed by atoms with van der Waals surface area (Å²) in [4.78, 5) is 27.8. The van der Waals surface area contributed by atoms with Crippen molar-refractivity contribution in [2.24, 2.45) is 0 Å². The maximum Gasteiger partial charge on any atom is 0.322 e. The van der Waals surface area contributed by atoms with E-state index in [1.165, 1.54) is 6.07 Å². The molecule has 1 aromatic carbocycles. The molecule has 0 aliphatic carbocycles. The second kappa shape index (κ2) is 7.03. The quantitative estimate of drug-likeness (QED) is 0.821. The summed E-state index contributed by atoms with van der Waals surface area (Å²) in [6.45, 7) is 2.06. The number of piperazine rings is 1. The fourth-order valence-corrected chi connectivity index (χ4v) is 2.57. The van der Waals surface area contributed by atoms with Gasteiger partial charge < -0.3 is 20.2 Å². The first-order chi connectivity index (χ1) is 11.6. The molecule has 1 saturated heterocycles. The minimum Gasteiger partial charge on any atom is -0.506 e. The number of hydrogen-bond acceptors (Lipinski definition) is 4. The van der Waals surface area contributed by atoms with Crippen molar-refractivity contribution in [3.05, 3.63) is 42.7 Å². The number of nitrogens with zero attached hydrogens (tertiary/aromatic N) is 4. The third-order valence-electron chi connectivity index (χ3n) is 3.92. The Morgan fingerprint density at radius 1 is 1.08 bits per heavy atom. The maximum absolute atomic E-state index is 12.2. The summed E-state index contributed by atoms with van der Waals surface area (Å²) in [5.74, 6) is 0.0124. The molecule has 0 saturated carbocycles. The van der Waals surface area contributed by atoms with Gasteiger partial charge in [0.1, 0.15) is 12.3 Å². The van der Waals surface area contributed by atoms with Gasteiger partial charge in [-0.3, -0.25) is 9.48 Å². The first-order valence-electron chi connectivity index (χ1n) is 7.72. The van der Waals surface area contributed by atoms with Gasteiger partial charge in [-0.05, 0) is 18.2 Å². The second-order valence-electron chi connectivity index (χ2n) is 5.52. The van der Waals surface area contributed by atoms with Gasteiger partial charge in [-0.2, -0.15) is 5.10 Å². The summed E-state index contributed by atoms with van der Waals surface area (Å²) in [6.07, 6.45) is 3.38. The molecule has 1 aliphatic heterocycles. The number of aromatic hydroxyl groups is 1. The lowest BCUT2D eigenvalue weighted by molar-refractivity contribution is -0.133. The van der Waals surface area contributed by atoms with Crippen LogP contribution in [0.1, 0.15) is 0 Å². The molecule has 8 nitrogen and oxygen atoms in total. The molecule has 1 aromatic heterocycles. The zero-order chi connectivity index (χ0) is 16.9. The number of anilines is 1. The highest BCUT2D eigenvalue weighted by atomic mass is 16.3. The smallest absolute Gasteiger partial charge is 0.322 e. The minimum absolute atomic E-state index is 0.0144. The Labute approximate surface area is 139 Å². The molecule has 2 heterocycles. The number of phenolic OH excluding ortho intramolecular Hbond substituents is 1. The number of urea groups is 1. The van der Waals surface area contributed by atoms with E-state index in [1.807, 2.05) is 0 Å². The molecular formula is C16H19N5O3. The van der Waals surface area contributed by atoms with Crippen LogP contribution in [0.2, 0.25) is 0 Å². The summed E-state index contributed by atoms with van der Waals surface area (Å²) in [5, 5.41) is 16.4. The van der Waals surface area contributed by atoms with Crippen molar-refractivity contribution < 1.29 is 14.7 Å². The summed E-state index contributed by atoms with van der Waals surface area (Å²) < 4.78 is 1.58. The Morgan fingerprint density at radius 2 is 1.79 bits per heavy atom. The second-order valence-corrected chi connectivity index (χ2v) is 5.52. The molecule has 3 amide bonds. The Bertz CT molecular complexity index is 708. The predicted molar refractivity (Wildman–Crippen MR) is 87.5 cm³/mol. The Balaban J connectivity index is 1.50. The van der Waals surface area contributed by atoms with Crippen molar-refractivity contribution >= 4 is 17.6 Å². The normalized spacial score (nSPS) is 14.5. The van der Waals surface area contributed by atoms with Crippen LogP contribution in [0, 0.1) is 0 Å². The summed E-state index contributed by atoms with van der Waals surface area (Å²) >= 11 is 0. The van der Waals surface area contributed by atoms with Crippen molar-refractivity contribution in [2.75, 3.05) is 31.5 Å². The molecule has 0 unspecified atom stereocenters. The van der Waals surface area contributed by atoms with Crippen LogP contribution in [-0.2, 0) is 11.3 Å². The Morgan fingerprint density at radius 3 is 2.46 bits per heavy atom. The van der Waals surface area contributed by atoms with Gasteiger partial charge in [0.25, 0.3) is 0 Å². The number of hydrogen-bond donors (Lipinski definition) is 2. The third-order valence-corrected chi connectivity index (χ3v) is 3.92. The van der Waals surface area contributed by atoms with E-state index in [-0.39, 0.29) is 24.2 Å². The number of nitrogens with one attached hydrogen (secondary N) is 1. The maximum atomic E-state index is 12.2. The monoisotopic (exact) mass is 329 g/mol. The third kappa shape index (κ3) is 3.65. The van der Waals surface area contributed by atoms with E-state index in [2.05, 4.69) is 10.4 Å². The first-order valence-corrected chi connectivity index (χ1v) is 7.72. The van der Waals surface area contributed by atoms with E-state index < -0.39 is 0 Å². The van der Waals surface area contributed by atoms with Crippen LogP contribution in [0.15, 0.2) is 42.7 Å². The molecule has 24 heavy (non-hydrogen) atoms. The first kappa shape index (κ1) is 15.9. The molecule has 8 heteroatoms. The number of benzene rings is 1. The highest BCUT2D eigenvalue weighted by Crippen LogP contribution is 2.22. The molecule has 0 bridgehead atoms. The van der Waals surface area contributed by atoms with E-state index >= 15 is 0 Å². The highest BCUT2D eigenvalue weighted by molar-refractivity contribution is 5.91. The zero-order valence-corrected chi connectivity index (χ0v) is 13.1. The van der Waals surface area contributed by atoms with Crippen molar-refractivity contribution in [2.45, 2.75) is 6.54 Å². The molecule has 3 rings (SSSR count). The predicted octanol–water partition coefficient (Wildman–Crippen LogP) is 0.965. The average molecular weight is 329 g/mol. The number of para-hydroxylation sites is 2. The Kier molecular flexibility index (Phi) is 4.64. The summed E-state index contributed by atoms with van der Waals surface area (Å²) in [6, 6.07) is 8.07. The fourth-order valence-electron chi connectivity index (χ4n) is 2.57. The number of phenols is 1. The lowest BCUT2D eigenvalue weighted by atomic mass is 10.3. The van der Waals surface area contributed by atoms with Crippen LogP contribution in [0.3, 0.4) is 0 Å². The van der Waals surface area contributed by atoms with Gasteiger partial charge in [-0.15, -0.1) is 0 Å². The van der Waals surface area contributed by atoms with Gasteiger partial charge in [0, 0.05) is 38.6 Å². The van der Waals surface area contributed by atoms with Gasteiger partial charge in [0.15, 0.2) is 0 Å². The van der Waals surface area contributed by atoms with Crippen LogP contribution in [0.4, 0.5) is 10.5 Å². The number of rotatable bonds is 3. The molecule has 0 radical (unpaired) electrons. The highest BCUT2D eigenvalue weighted by Gasteiger charge is 2.24. The molecular weight excluding hydrogens is 310 g/mol. The van der Waals surface area contributed by atoms with Crippen LogP contribution >= 0.6 is 0 Å². The molecule has 1 aliphatic rings. The van der Waals surface area contributed by atoms with E-state index in [0.29, 0.717) is 31.9 Å². The van der Waals surface area contributed by atoms with Crippen molar-refractivity contribution in [3.63, 3.8) is 0 Å². The van der Waals surface area contributed by atoms with E-state index in [1.54, 1.807) is 51.1 Å². The molecule has 2 aromatic rings. The van der Waals surface area contributed by atoms with Gasteiger partial charge in [0.2, 0.25) is 5.91 Å². The summed E-state index contributed by atoms with van der Waals surface area (Å²) in [5.41, 5.74) is 0.375. The standard InChI is InChI=1S/C16H19N5O3/c22-14-5-2-1-4-13(14)18-16(24)20-10-8-19(9-11-20)15(23)12-21-7-3-6-17-21/h1-7,22H,8-12H2,(H,18,24). The van der Waals surface area contributed by atoms with Crippen molar-refractivity contribution in [1.82, 2.24) is 19.6 Å². The molecule has 2 N–H and O–H groups in total. The lowest BCUT2D eigenvalue weighted by Crippen LogP contribution is -2.52. The SMILES string of the molecule is O=C(Cn1cccn1)N1CCN(C(=O)Nc2ccccc2O)CC1. The van der Waals surface area contributed by atoms with E-state index in [0.717, 1.165) is 0 Å². The number of aromatic nitrogens is 2. The van der Waals surface area contributed by atoms with Gasteiger partial charge in [-0.25, -0.2) is 4.79 Å². The minimum atomic E-state index is -0.282. The van der Waals surface area contributed by atoms with Crippen LogP contribution in [0.25, 0.3) is 0 Å². The van der Waals surface area contributed by atoms with E-state index in [4.69, 9.17) is 0 Å². The van der Waals surface area contributed by atoms with Gasteiger partial charge >= 0.3 is 6.03 Å². The number of carbonyl (C=O) groups excluding carboxylic acids is 2. The Hall–Kier alpha value is -3.03. The van der Waals surface area contributed by atoms with Crippen LogP contribution in [-0.4, -0.2) is 62.8 Å². The van der Waals surface area contributed by atoms with Crippen molar-refractivity contribution in [3.8, 4) is 5.75 Å². The largest absolute Gasteiger partial charge is 0.506 e. The molecule has 0 atom stereocenters. The summed E-state index contributed by atoms with van der Waals surface area (Å²) in [7, 11) is 0. The van der Waals surface area contributed by atoms with Gasteiger partial charge in [0.05, 0.1) is 5.69 Å². The molecule has 1 fully saturated rings. The molecule has 126 valence electrons. The van der Waals surface area contributed by atoms with Crippen molar-refractivity contribution in [1.29, 1.82) is 0 Å². The van der Waals surface area contributed by atoms with E-state index in [9.17, 15) is 14.7 Å². The number of carbonyl (C=O) groups is 2. The topological polar surface area (TPSA) is 90.7 Å². The zero-order valence-electron chi connectivity index (χ0n) is 13.1. The van der Waals surface area contributed by atoms with Crippen LogP contribution < -0.4 is 5.32 Å². The number of amides is 3. The molecule has 0 spiro atoms. The lowest BCUT2D eigenvalue weighted by Gasteiger charge is -2.34. The van der Waals surface area contributed by atoms with Crippen LogP contribution in [0.5, 0.6) is 5.75 Å². The fraction of sp³-hybridized carbons (Fsp3) is 0.312.